The molecule has 3 aliphatic rings. The fourth-order valence-electron chi connectivity index (χ4n) is 6.03. The minimum atomic E-state index is -1.16. The van der Waals surface area contributed by atoms with Crippen molar-refractivity contribution in [3.8, 4) is 11.5 Å². The molecule has 3 fully saturated rings. The van der Waals surface area contributed by atoms with Crippen LogP contribution in [-0.2, 0) is 9.53 Å². The van der Waals surface area contributed by atoms with Crippen molar-refractivity contribution in [3.05, 3.63) is 65.2 Å². The molecule has 33 heavy (non-hydrogen) atoms. The molecule has 1 N–H and O–H groups in total. The molecule has 0 aromatic heterocycles. The van der Waals surface area contributed by atoms with E-state index in [9.17, 15) is 9.90 Å². The molecule has 174 valence electrons. The van der Waals surface area contributed by atoms with Gasteiger partial charge in [-0.2, -0.15) is 0 Å². The molecule has 4 atom stereocenters. The van der Waals surface area contributed by atoms with Crippen LogP contribution in [0.15, 0.2) is 54.1 Å². The number of methoxy groups -OCH3 is 2. The van der Waals surface area contributed by atoms with Crippen molar-refractivity contribution in [1.29, 1.82) is 0 Å². The number of allylic oxidation sites excluding steroid dienone is 1. The smallest absolute Gasteiger partial charge is 0.169 e. The number of rotatable bonds is 4. The highest BCUT2D eigenvalue weighted by molar-refractivity contribution is 6.06. The summed E-state index contributed by atoms with van der Waals surface area (Å²) < 4.78 is 17.1. The summed E-state index contributed by atoms with van der Waals surface area (Å²) in [5.74, 6) is 0.548. The first-order chi connectivity index (χ1) is 16.0. The monoisotopic (exact) mass is 448 g/mol. The van der Waals surface area contributed by atoms with Crippen molar-refractivity contribution >= 4 is 11.9 Å². The number of ether oxygens (including phenoxy) is 3. The van der Waals surface area contributed by atoms with Crippen molar-refractivity contribution in [3.63, 3.8) is 0 Å². The van der Waals surface area contributed by atoms with Crippen molar-refractivity contribution in [2.24, 2.45) is 11.3 Å². The van der Waals surface area contributed by atoms with Crippen LogP contribution in [0, 0.1) is 11.3 Å². The van der Waals surface area contributed by atoms with Crippen molar-refractivity contribution in [2.75, 3.05) is 14.2 Å². The number of carbonyl (C=O) groups excluding carboxylic acids is 1. The van der Waals surface area contributed by atoms with Gasteiger partial charge in [-0.25, -0.2) is 0 Å². The predicted octanol–water partition coefficient (Wildman–Crippen LogP) is 5.48. The van der Waals surface area contributed by atoms with Gasteiger partial charge in [0.1, 0.15) is 11.5 Å². The molecule has 5 nitrogen and oxygen atoms in total. The van der Waals surface area contributed by atoms with Crippen LogP contribution in [0.2, 0.25) is 0 Å². The molecular weight excluding hydrogens is 416 g/mol. The number of benzene rings is 2. The first-order valence-corrected chi connectivity index (χ1v) is 11.9. The third-order valence-corrected chi connectivity index (χ3v) is 7.87. The van der Waals surface area contributed by atoms with Crippen LogP contribution < -0.4 is 9.47 Å². The molecule has 0 bridgehead atoms. The van der Waals surface area contributed by atoms with E-state index in [1.807, 2.05) is 54.6 Å². The maximum Gasteiger partial charge on any atom is 0.169 e. The third-order valence-electron chi connectivity index (χ3n) is 7.87. The van der Waals surface area contributed by atoms with Gasteiger partial charge < -0.3 is 19.3 Å². The van der Waals surface area contributed by atoms with Crippen LogP contribution in [-0.4, -0.2) is 30.9 Å². The fraction of sp³-hybridized carbons (Fsp3) is 0.464. The highest BCUT2D eigenvalue weighted by Gasteiger charge is 2.61. The Labute approximate surface area is 195 Å². The first-order valence-electron chi connectivity index (χ1n) is 11.9. The van der Waals surface area contributed by atoms with Crippen molar-refractivity contribution in [1.82, 2.24) is 0 Å². The van der Waals surface area contributed by atoms with E-state index >= 15 is 0 Å². The van der Waals surface area contributed by atoms with Gasteiger partial charge in [0.15, 0.2) is 11.6 Å². The molecule has 5 rings (SSSR count). The van der Waals surface area contributed by atoms with E-state index in [1.165, 1.54) is 0 Å². The molecule has 0 amide bonds. The van der Waals surface area contributed by atoms with Gasteiger partial charge in [-0.05, 0) is 79.1 Å². The highest BCUT2D eigenvalue weighted by Crippen LogP contribution is 2.61. The zero-order valence-electron chi connectivity index (χ0n) is 19.4. The zero-order valence-corrected chi connectivity index (χ0v) is 19.4. The summed E-state index contributed by atoms with van der Waals surface area (Å²) in [6, 6.07) is 15.5. The lowest BCUT2D eigenvalue weighted by atomic mass is 9.63. The molecule has 2 saturated carbocycles. The van der Waals surface area contributed by atoms with Crippen LogP contribution in [0.25, 0.3) is 6.08 Å². The van der Waals surface area contributed by atoms with E-state index in [4.69, 9.17) is 14.2 Å². The van der Waals surface area contributed by atoms with Crippen LogP contribution in [0.4, 0.5) is 0 Å². The quantitative estimate of drug-likeness (QED) is 0.628. The molecule has 0 radical (unpaired) electrons. The Bertz CT molecular complexity index is 1040. The Morgan fingerprint density at radius 2 is 1.64 bits per heavy atom. The van der Waals surface area contributed by atoms with E-state index < -0.39 is 17.3 Å². The summed E-state index contributed by atoms with van der Waals surface area (Å²) in [5, 5.41) is 11.4. The Morgan fingerprint density at radius 1 is 0.970 bits per heavy atom. The van der Waals surface area contributed by atoms with E-state index in [0.29, 0.717) is 19.3 Å². The van der Waals surface area contributed by atoms with Crippen LogP contribution in [0.1, 0.15) is 62.2 Å². The first kappa shape index (κ1) is 22.2. The van der Waals surface area contributed by atoms with Gasteiger partial charge in [0, 0.05) is 12.3 Å². The average molecular weight is 449 g/mol. The number of hydrogen-bond donors (Lipinski definition) is 1. The number of fused-ring (bicyclic) bond motifs is 1. The van der Waals surface area contributed by atoms with Crippen LogP contribution >= 0.6 is 0 Å². The molecule has 5 heteroatoms. The van der Waals surface area contributed by atoms with E-state index in [2.05, 4.69) is 0 Å². The molecule has 0 unspecified atom stereocenters. The van der Waals surface area contributed by atoms with Crippen molar-refractivity contribution < 1.29 is 24.1 Å². The predicted molar refractivity (Wildman–Crippen MR) is 126 cm³/mol. The second kappa shape index (κ2) is 8.62. The largest absolute Gasteiger partial charge is 0.497 e. The topological polar surface area (TPSA) is 65.0 Å². The van der Waals surface area contributed by atoms with Gasteiger partial charge >= 0.3 is 0 Å². The third kappa shape index (κ3) is 3.87. The number of aliphatic hydroxyl groups is 1. The highest BCUT2D eigenvalue weighted by atomic mass is 16.6. The minimum Gasteiger partial charge on any atom is -0.497 e. The molecule has 2 aromatic rings. The summed E-state index contributed by atoms with van der Waals surface area (Å²) in [7, 11) is 3.28. The number of ketones is 1. The number of Topliss-reactive ketones (excluding diaryl/α,β-unsaturated/α-hetero) is 1. The van der Waals surface area contributed by atoms with Gasteiger partial charge in [0.25, 0.3) is 0 Å². The summed E-state index contributed by atoms with van der Waals surface area (Å²) >= 11 is 0. The maximum atomic E-state index is 14.0. The Kier molecular flexibility index (Phi) is 5.79. The summed E-state index contributed by atoms with van der Waals surface area (Å²) in [4.78, 5) is 14.0. The lowest BCUT2D eigenvalue weighted by Crippen LogP contribution is -2.55. The minimum absolute atomic E-state index is 0.00923. The van der Waals surface area contributed by atoms with Gasteiger partial charge in [-0.15, -0.1) is 0 Å². The molecule has 1 heterocycles. The molecule has 1 saturated heterocycles. The second-order valence-electron chi connectivity index (χ2n) is 9.69. The lowest BCUT2D eigenvalue weighted by molar-refractivity contribution is -0.323. The lowest BCUT2D eigenvalue weighted by Gasteiger charge is -2.53. The second-order valence-corrected chi connectivity index (χ2v) is 9.69. The molecule has 1 aliphatic heterocycles. The Balaban J connectivity index is 1.52. The number of carbonyl (C=O) groups is 1. The summed E-state index contributed by atoms with van der Waals surface area (Å²) in [6.45, 7) is 0. The van der Waals surface area contributed by atoms with Gasteiger partial charge in [-0.3, -0.25) is 4.79 Å². The van der Waals surface area contributed by atoms with E-state index in [0.717, 1.165) is 53.9 Å². The van der Waals surface area contributed by atoms with Gasteiger partial charge in [0.2, 0.25) is 0 Å². The average Bonchev–Trinajstić information content (AvgIpc) is 3.15. The Morgan fingerprint density at radius 3 is 2.30 bits per heavy atom. The van der Waals surface area contributed by atoms with E-state index in [-0.39, 0.29) is 11.7 Å². The van der Waals surface area contributed by atoms with E-state index in [1.54, 1.807) is 14.2 Å². The standard InChI is InChI=1S/C28H32O5/c1-31-23-10-6-19(7-11-23)17-21-14-16-27(25(21)29)18-22-5-3-4-15-28(22,30)33-26(27)20-8-12-24(32-2)13-9-20/h6-13,17,22,26,30H,3-5,14-16,18H2,1-2H3/t22-,26-,27-,28-/m1/s1. The summed E-state index contributed by atoms with van der Waals surface area (Å²) in [6.07, 6.45) is 7.19. The SMILES string of the molecule is COc1ccc(C=C2CC[C@@]3(C[C@H]4CCCC[C@@]4(O)O[C@@H]3c3ccc(OC)cc3)C2=O)cc1. The van der Waals surface area contributed by atoms with Crippen LogP contribution in [0.5, 0.6) is 11.5 Å². The van der Waals surface area contributed by atoms with Crippen LogP contribution in [0.3, 0.4) is 0 Å². The fourth-order valence-corrected chi connectivity index (χ4v) is 6.03. The maximum absolute atomic E-state index is 14.0. The molecule has 1 spiro atoms. The summed E-state index contributed by atoms with van der Waals surface area (Å²) in [5.41, 5.74) is 2.10. The molecular formula is C28H32O5. The number of hydrogen-bond acceptors (Lipinski definition) is 5. The van der Waals surface area contributed by atoms with Gasteiger partial charge in [0.05, 0.1) is 25.7 Å². The van der Waals surface area contributed by atoms with Crippen molar-refractivity contribution in [2.45, 2.75) is 56.8 Å². The normalized spacial score (nSPS) is 32.7. The molecule has 2 aromatic carbocycles. The van der Waals surface area contributed by atoms with Gasteiger partial charge in [-0.1, -0.05) is 30.7 Å². The zero-order chi connectivity index (χ0) is 23.1. The Hall–Kier alpha value is -2.63. The molecule has 2 aliphatic carbocycles.